The molecule has 0 amide bonds. The average molecular weight is 649 g/mol. The van der Waals surface area contributed by atoms with Crippen LogP contribution in [0, 0.1) is 0 Å². The first-order chi connectivity index (χ1) is 25.4. The van der Waals surface area contributed by atoms with E-state index in [9.17, 15) is 0 Å². The molecule has 12 aromatic rings. The zero-order valence-electron chi connectivity index (χ0n) is 27.5. The summed E-state index contributed by atoms with van der Waals surface area (Å²) in [6, 6.07) is 61.6. The number of furan rings is 1. The number of aromatic nitrogens is 2. The second-order valence-corrected chi connectivity index (χ2v) is 13.6. The van der Waals surface area contributed by atoms with Crippen molar-refractivity contribution in [2.75, 3.05) is 0 Å². The summed E-state index contributed by atoms with van der Waals surface area (Å²) in [5.41, 5.74) is 8.65. The van der Waals surface area contributed by atoms with E-state index in [0.717, 1.165) is 38.8 Å². The van der Waals surface area contributed by atoms with E-state index in [0.29, 0.717) is 0 Å². The van der Waals surface area contributed by atoms with Gasteiger partial charge in [-0.2, -0.15) is 0 Å². The Balaban J connectivity index is 1.47. The molecule has 0 saturated heterocycles. The summed E-state index contributed by atoms with van der Waals surface area (Å²) >= 11 is 0. The van der Waals surface area contributed by atoms with Gasteiger partial charge < -0.3 is 13.6 Å². The number of benzene rings is 9. The molecule has 3 aromatic heterocycles. The number of hydrogen-bond acceptors (Lipinski definition) is 1. The lowest BCUT2D eigenvalue weighted by Crippen LogP contribution is -1.99. The molecule has 0 spiro atoms. The van der Waals surface area contributed by atoms with Gasteiger partial charge in [0.25, 0.3) is 0 Å². The van der Waals surface area contributed by atoms with Crippen molar-refractivity contribution >= 4 is 97.9 Å². The topological polar surface area (TPSA) is 23.0 Å². The van der Waals surface area contributed by atoms with Crippen LogP contribution in [0.4, 0.5) is 0 Å². The molecular weight excluding hydrogens is 621 g/mol. The Kier molecular flexibility index (Phi) is 5.23. The van der Waals surface area contributed by atoms with E-state index in [4.69, 9.17) is 4.42 Å². The molecular formula is C48H28N2O. The second kappa shape index (κ2) is 9.87. The number of hydrogen-bond donors (Lipinski definition) is 0. The summed E-state index contributed by atoms with van der Waals surface area (Å²) in [6.07, 6.45) is 0. The molecule has 0 unspecified atom stereocenters. The molecule has 0 saturated carbocycles. The van der Waals surface area contributed by atoms with Crippen molar-refractivity contribution in [2.24, 2.45) is 0 Å². The molecule has 0 aliphatic heterocycles. The largest absolute Gasteiger partial charge is 0.454 e. The molecule has 0 radical (unpaired) electrons. The van der Waals surface area contributed by atoms with Gasteiger partial charge in [-0.1, -0.05) is 133 Å². The van der Waals surface area contributed by atoms with E-state index in [1.807, 2.05) is 6.07 Å². The van der Waals surface area contributed by atoms with Crippen LogP contribution in [0.1, 0.15) is 0 Å². The summed E-state index contributed by atoms with van der Waals surface area (Å²) in [5, 5.41) is 14.9. The van der Waals surface area contributed by atoms with Gasteiger partial charge in [0.05, 0.1) is 27.8 Å². The Hall–Kier alpha value is -6.84. The summed E-state index contributed by atoms with van der Waals surface area (Å²) in [6.45, 7) is 0. The molecule has 51 heavy (non-hydrogen) atoms. The molecule has 236 valence electrons. The van der Waals surface area contributed by atoms with Gasteiger partial charge in [0.2, 0.25) is 0 Å². The molecule has 0 N–H and O–H groups in total. The molecule has 9 aromatic carbocycles. The molecule has 3 nitrogen and oxygen atoms in total. The first-order valence-corrected chi connectivity index (χ1v) is 17.5. The Labute approximate surface area is 291 Å². The SMILES string of the molecule is c1ccc(-n2c3ccccc3c3c4c5ccccc5c5ccccc5c4c4c5ccccc5n(-c5cccc6c5oc5ccccc56)c4c32)cc1. The highest BCUT2D eigenvalue weighted by Gasteiger charge is 2.28. The zero-order valence-corrected chi connectivity index (χ0v) is 27.5. The van der Waals surface area contributed by atoms with Crippen LogP contribution >= 0.6 is 0 Å². The molecule has 12 rings (SSSR count). The summed E-state index contributed by atoms with van der Waals surface area (Å²) in [5.74, 6) is 0. The molecule has 3 heteroatoms. The predicted molar refractivity (Wildman–Crippen MR) is 215 cm³/mol. The van der Waals surface area contributed by atoms with E-state index in [-0.39, 0.29) is 0 Å². The normalized spacial score (nSPS) is 12.3. The Bertz CT molecular complexity index is 3410. The molecule has 0 atom stereocenters. The summed E-state index contributed by atoms with van der Waals surface area (Å²) < 4.78 is 11.8. The van der Waals surface area contributed by atoms with E-state index in [2.05, 4.69) is 173 Å². The average Bonchev–Trinajstić information content (AvgIpc) is 3.86. The summed E-state index contributed by atoms with van der Waals surface area (Å²) in [4.78, 5) is 0. The van der Waals surface area contributed by atoms with Gasteiger partial charge in [0, 0.05) is 48.8 Å². The number of nitrogens with zero attached hydrogens (tertiary/aromatic N) is 2. The minimum atomic E-state index is 0.889. The maximum absolute atomic E-state index is 6.78. The van der Waals surface area contributed by atoms with Gasteiger partial charge in [-0.3, -0.25) is 0 Å². The minimum Gasteiger partial charge on any atom is -0.454 e. The molecule has 0 bridgehead atoms. The third kappa shape index (κ3) is 3.42. The second-order valence-electron chi connectivity index (χ2n) is 13.6. The van der Waals surface area contributed by atoms with Crippen LogP contribution in [0.25, 0.3) is 109 Å². The van der Waals surface area contributed by atoms with Crippen LogP contribution in [0.3, 0.4) is 0 Å². The van der Waals surface area contributed by atoms with E-state index >= 15 is 0 Å². The highest BCUT2D eigenvalue weighted by molar-refractivity contribution is 6.45. The lowest BCUT2D eigenvalue weighted by molar-refractivity contribution is 0.666. The van der Waals surface area contributed by atoms with Crippen LogP contribution in [0.2, 0.25) is 0 Å². The smallest absolute Gasteiger partial charge is 0.159 e. The van der Waals surface area contributed by atoms with Crippen LogP contribution in [0.15, 0.2) is 174 Å². The zero-order chi connectivity index (χ0) is 33.2. The quantitative estimate of drug-likeness (QED) is 0.171. The third-order valence-electron chi connectivity index (χ3n) is 11.0. The van der Waals surface area contributed by atoms with E-state index < -0.39 is 0 Å². The van der Waals surface area contributed by atoms with Crippen LogP contribution in [0.5, 0.6) is 0 Å². The lowest BCUT2D eigenvalue weighted by Gasteiger charge is -2.17. The van der Waals surface area contributed by atoms with Crippen molar-refractivity contribution in [2.45, 2.75) is 0 Å². The Morgan fingerprint density at radius 1 is 0.314 bits per heavy atom. The fraction of sp³-hybridized carbons (Fsp3) is 0. The van der Waals surface area contributed by atoms with Gasteiger partial charge in [0.1, 0.15) is 5.58 Å². The van der Waals surface area contributed by atoms with Gasteiger partial charge in [0.15, 0.2) is 5.58 Å². The van der Waals surface area contributed by atoms with Crippen molar-refractivity contribution in [1.29, 1.82) is 0 Å². The fourth-order valence-corrected chi connectivity index (χ4v) is 9.10. The maximum atomic E-state index is 6.78. The summed E-state index contributed by atoms with van der Waals surface area (Å²) in [7, 11) is 0. The highest BCUT2D eigenvalue weighted by atomic mass is 16.3. The lowest BCUT2D eigenvalue weighted by atomic mass is 9.89. The van der Waals surface area contributed by atoms with E-state index in [1.165, 1.54) is 70.4 Å². The highest BCUT2D eigenvalue weighted by Crippen LogP contribution is 2.51. The molecule has 0 aliphatic rings. The van der Waals surface area contributed by atoms with Gasteiger partial charge in [-0.15, -0.1) is 0 Å². The van der Waals surface area contributed by atoms with E-state index in [1.54, 1.807) is 0 Å². The van der Waals surface area contributed by atoms with Gasteiger partial charge >= 0.3 is 0 Å². The van der Waals surface area contributed by atoms with Gasteiger partial charge in [-0.05, 0) is 57.9 Å². The maximum Gasteiger partial charge on any atom is 0.159 e. The van der Waals surface area contributed by atoms with Crippen LogP contribution in [-0.2, 0) is 0 Å². The fourth-order valence-electron chi connectivity index (χ4n) is 9.10. The van der Waals surface area contributed by atoms with Gasteiger partial charge in [-0.25, -0.2) is 0 Å². The standard InChI is InChI=1S/C48H28N2O/c1-2-15-29(16-3-1)49-38-25-11-8-22-36(38)44-42-33-20-6-4-17-30(33)31-18-5-7-21-34(31)43(42)45-37-23-9-12-26-39(37)50(47(45)46(44)49)40-27-14-24-35-32-19-10-13-28-41(32)51-48(35)40/h1-28H. The van der Waals surface area contributed by atoms with Crippen LogP contribution in [-0.4, -0.2) is 9.13 Å². The van der Waals surface area contributed by atoms with Crippen molar-refractivity contribution in [1.82, 2.24) is 9.13 Å². The minimum absolute atomic E-state index is 0.889. The third-order valence-corrected chi connectivity index (χ3v) is 11.0. The monoisotopic (exact) mass is 648 g/mol. The molecule has 0 aliphatic carbocycles. The van der Waals surface area contributed by atoms with Crippen molar-refractivity contribution in [3.05, 3.63) is 170 Å². The van der Waals surface area contributed by atoms with Crippen molar-refractivity contribution in [3.8, 4) is 11.4 Å². The Morgan fingerprint density at radius 3 is 1.43 bits per heavy atom. The number of rotatable bonds is 2. The molecule has 3 heterocycles. The van der Waals surface area contributed by atoms with Crippen molar-refractivity contribution in [3.63, 3.8) is 0 Å². The molecule has 0 fully saturated rings. The van der Waals surface area contributed by atoms with Crippen molar-refractivity contribution < 1.29 is 4.42 Å². The first kappa shape index (κ1) is 27.0. The number of fused-ring (bicyclic) bond motifs is 18. The first-order valence-electron chi connectivity index (χ1n) is 17.5. The van der Waals surface area contributed by atoms with Crippen LogP contribution < -0.4 is 0 Å². The predicted octanol–water partition coefficient (Wildman–Crippen LogP) is 13.2. The Morgan fingerprint density at radius 2 is 0.784 bits per heavy atom. The number of para-hydroxylation sites is 5.